The van der Waals surface area contributed by atoms with Gasteiger partial charge in [-0.3, -0.25) is 9.48 Å². The van der Waals surface area contributed by atoms with Gasteiger partial charge < -0.3 is 10.6 Å². The van der Waals surface area contributed by atoms with Crippen LogP contribution in [-0.4, -0.2) is 43.5 Å². The Bertz CT molecular complexity index is 945. The number of primary amides is 1. The van der Waals surface area contributed by atoms with Gasteiger partial charge in [0.05, 0.1) is 11.7 Å². The molecule has 0 bridgehead atoms. The zero-order valence-corrected chi connectivity index (χ0v) is 14.5. The second-order valence-electron chi connectivity index (χ2n) is 6.05. The molecule has 1 aromatic carbocycles. The second-order valence-corrected chi connectivity index (χ2v) is 6.05. The van der Waals surface area contributed by atoms with Gasteiger partial charge in [-0.1, -0.05) is 0 Å². The zero-order chi connectivity index (χ0) is 18.5. The molecule has 4 rings (SSSR count). The fourth-order valence-electron chi connectivity index (χ4n) is 2.89. The quantitative estimate of drug-likeness (QED) is 0.745. The molecule has 2 N–H and O–H groups in total. The maximum atomic E-state index is 10.3. The van der Waals surface area contributed by atoms with Crippen LogP contribution in [0.2, 0.25) is 0 Å². The van der Waals surface area contributed by atoms with Gasteiger partial charge in [-0.2, -0.15) is 10.4 Å². The van der Waals surface area contributed by atoms with Crippen molar-refractivity contribution in [2.24, 2.45) is 12.8 Å². The third-order valence-corrected chi connectivity index (χ3v) is 4.16. The molecule has 0 radical (unpaired) electrons. The third kappa shape index (κ3) is 3.97. The summed E-state index contributed by atoms with van der Waals surface area (Å²) in [5.74, 6) is -0.481. The summed E-state index contributed by atoms with van der Waals surface area (Å²) < 4.78 is 3.15. The van der Waals surface area contributed by atoms with Gasteiger partial charge in [0.2, 0.25) is 5.91 Å². The van der Waals surface area contributed by atoms with E-state index in [4.69, 9.17) is 11.0 Å². The maximum absolute atomic E-state index is 10.3. The Balaban J connectivity index is 0.000000160. The largest absolute Gasteiger partial charge is 0.371 e. The molecule has 3 heterocycles. The van der Waals surface area contributed by atoms with Crippen LogP contribution in [0.5, 0.6) is 0 Å². The number of nitrogens with two attached hydrogens (primary N) is 1. The summed E-state index contributed by atoms with van der Waals surface area (Å²) in [5, 5.41) is 17.4. The number of amides is 1. The lowest BCUT2D eigenvalue weighted by Gasteiger charge is -2.17. The Morgan fingerprint density at radius 2 is 2.12 bits per heavy atom. The molecule has 1 fully saturated rings. The molecule has 1 aliphatic heterocycles. The monoisotopic (exact) mass is 352 g/mol. The Morgan fingerprint density at radius 1 is 1.35 bits per heavy atom. The van der Waals surface area contributed by atoms with Crippen LogP contribution >= 0.6 is 0 Å². The molecule has 0 aliphatic carbocycles. The molecule has 9 heteroatoms. The minimum atomic E-state index is -0.514. The van der Waals surface area contributed by atoms with Crippen molar-refractivity contribution >= 4 is 22.5 Å². The number of carbonyl (C=O) groups excluding carboxylic acids is 1. The predicted molar refractivity (Wildman–Crippen MR) is 96.1 cm³/mol. The molecular weight excluding hydrogens is 332 g/mol. The van der Waals surface area contributed by atoms with Crippen LogP contribution in [0.1, 0.15) is 18.7 Å². The van der Waals surface area contributed by atoms with E-state index in [0.717, 1.165) is 0 Å². The highest BCUT2D eigenvalue weighted by molar-refractivity contribution is 5.82. The Labute approximate surface area is 150 Å². The predicted octanol–water partition coefficient (Wildman–Crippen LogP) is 0.809. The van der Waals surface area contributed by atoms with Crippen molar-refractivity contribution < 1.29 is 4.79 Å². The smallest absolute Gasteiger partial charge is 0.252 e. The summed E-state index contributed by atoms with van der Waals surface area (Å²) in [6, 6.07) is 8.34. The summed E-state index contributed by atoms with van der Waals surface area (Å²) in [5.41, 5.74) is 7.42. The van der Waals surface area contributed by atoms with Crippen molar-refractivity contribution in [1.82, 2.24) is 24.5 Å². The first-order valence-corrected chi connectivity index (χ1v) is 8.31. The van der Waals surface area contributed by atoms with E-state index in [2.05, 4.69) is 38.3 Å². The molecule has 9 nitrogen and oxygen atoms in total. The van der Waals surface area contributed by atoms with E-state index in [1.54, 1.807) is 6.07 Å². The average Bonchev–Trinajstić information content (AvgIpc) is 3.36. The fourth-order valence-corrected chi connectivity index (χ4v) is 2.89. The van der Waals surface area contributed by atoms with Crippen LogP contribution in [0.4, 0.5) is 5.69 Å². The molecular formula is C17H20N8O. The molecule has 134 valence electrons. The summed E-state index contributed by atoms with van der Waals surface area (Å²) in [7, 11) is 2.00. The van der Waals surface area contributed by atoms with Gasteiger partial charge in [0, 0.05) is 31.2 Å². The minimum Gasteiger partial charge on any atom is -0.371 e. The number of nitriles is 1. The Morgan fingerprint density at radius 3 is 2.77 bits per heavy atom. The first kappa shape index (κ1) is 17.4. The molecule has 26 heavy (non-hydrogen) atoms. The number of aryl methyl sites for hydroxylation is 1. The number of carbonyl (C=O) groups is 1. The van der Waals surface area contributed by atoms with Crippen molar-refractivity contribution in [3.05, 3.63) is 36.5 Å². The fraction of sp³-hybridized carbons (Fsp3) is 0.353. The molecule has 1 amide bonds. The van der Waals surface area contributed by atoms with Crippen LogP contribution < -0.4 is 10.6 Å². The number of hydrogen-bond acceptors (Lipinski definition) is 6. The topological polar surface area (TPSA) is 119 Å². The van der Waals surface area contributed by atoms with Crippen LogP contribution in [0.25, 0.3) is 10.9 Å². The first-order chi connectivity index (χ1) is 12.6. The lowest BCUT2D eigenvalue weighted by Crippen LogP contribution is -2.18. The van der Waals surface area contributed by atoms with E-state index in [-0.39, 0.29) is 12.4 Å². The molecule has 1 aliphatic rings. The van der Waals surface area contributed by atoms with Crippen LogP contribution in [0.15, 0.2) is 30.7 Å². The summed E-state index contributed by atoms with van der Waals surface area (Å²) in [4.78, 5) is 16.3. The van der Waals surface area contributed by atoms with E-state index in [1.165, 1.54) is 53.5 Å². The molecule has 1 saturated heterocycles. The van der Waals surface area contributed by atoms with Crippen molar-refractivity contribution in [2.45, 2.75) is 19.4 Å². The second kappa shape index (κ2) is 7.65. The van der Waals surface area contributed by atoms with Crippen LogP contribution in [0.3, 0.4) is 0 Å². The number of nitrogens with zero attached hydrogens (tertiary/aromatic N) is 7. The minimum absolute atomic E-state index is 0.0336. The van der Waals surface area contributed by atoms with Crippen molar-refractivity contribution in [2.75, 3.05) is 18.0 Å². The van der Waals surface area contributed by atoms with E-state index < -0.39 is 5.91 Å². The molecule has 3 aromatic rings. The molecule has 0 unspecified atom stereocenters. The SMILES string of the molecule is Cn1ncc2ccc(N3CCCC3)cc21.N#Cc1ncn(CC(N)=O)n1. The van der Waals surface area contributed by atoms with Gasteiger partial charge >= 0.3 is 0 Å². The molecule has 0 spiro atoms. The first-order valence-electron chi connectivity index (χ1n) is 8.31. The highest BCUT2D eigenvalue weighted by atomic mass is 16.1. The van der Waals surface area contributed by atoms with Gasteiger partial charge in [-0.25, -0.2) is 9.67 Å². The van der Waals surface area contributed by atoms with Gasteiger partial charge in [0.1, 0.15) is 18.9 Å². The molecule has 0 saturated carbocycles. The maximum Gasteiger partial charge on any atom is 0.252 e. The van der Waals surface area contributed by atoms with Crippen molar-refractivity contribution in [1.29, 1.82) is 5.26 Å². The zero-order valence-electron chi connectivity index (χ0n) is 14.5. The van der Waals surface area contributed by atoms with Crippen molar-refractivity contribution in [3.8, 4) is 6.07 Å². The van der Waals surface area contributed by atoms with E-state index >= 15 is 0 Å². The number of fused-ring (bicyclic) bond motifs is 1. The summed E-state index contributed by atoms with van der Waals surface area (Å²) in [6.45, 7) is 2.35. The highest BCUT2D eigenvalue weighted by Gasteiger charge is 2.13. The highest BCUT2D eigenvalue weighted by Crippen LogP contribution is 2.24. The summed E-state index contributed by atoms with van der Waals surface area (Å²) in [6.07, 6.45) is 5.85. The normalized spacial score (nSPS) is 13.3. The van der Waals surface area contributed by atoms with Gasteiger partial charge in [0.25, 0.3) is 5.82 Å². The Hall–Kier alpha value is -3.41. The standard InChI is InChI=1S/C12H15N3.C5H5N5O/c1-14-12-8-11(15-6-2-3-7-15)5-4-10(12)9-13-14;6-1-5-8-3-10(9-5)2-4(7)11/h4-5,8-9H,2-3,6-7H2,1H3;3H,2H2,(H2,7,11). The van der Waals surface area contributed by atoms with Gasteiger partial charge in [0.15, 0.2) is 0 Å². The van der Waals surface area contributed by atoms with Crippen LogP contribution in [-0.2, 0) is 18.4 Å². The van der Waals surface area contributed by atoms with E-state index in [1.807, 2.05) is 17.9 Å². The summed E-state index contributed by atoms with van der Waals surface area (Å²) >= 11 is 0. The van der Waals surface area contributed by atoms with Crippen molar-refractivity contribution in [3.63, 3.8) is 0 Å². The number of anilines is 1. The number of rotatable bonds is 3. The van der Waals surface area contributed by atoms with Gasteiger partial charge in [-0.05, 0) is 31.0 Å². The Kier molecular flexibility index (Phi) is 5.12. The van der Waals surface area contributed by atoms with Gasteiger partial charge in [-0.15, -0.1) is 5.10 Å². The molecule has 2 aromatic heterocycles. The number of aromatic nitrogens is 5. The average molecular weight is 352 g/mol. The van der Waals surface area contributed by atoms with E-state index in [0.29, 0.717) is 0 Å². The third-order valence-electron chi connectivity index (χ3n) is 4.16. The lowest BCUT2D eigenvalue weighted by molar-refractivity contribution is -0.118. The molecule has 0 atom stereocenters. The van der Waals surface area contributed by atoms with E-state index in [9.17, 15) is 4.79 Å². The lowest BCUT2D eigenvalue weighted by atomic mass is 10.2. The number of hydrogen-bond donors (Lipinski definition) is 1. The van der Waals surface area contributed by atoms with Crippen LogP contribution in [0, 0.1) is 11.3 Å². The number of benzene rings is 1.